The first kappa shape index (κ1) is 13.5. The third-order valence-electron chi connectivity index (χ3n) is 2.70. The zero-order chi connectivity index (χ0) is 14.0. The zero-order valence-corrected chi connectivity index (χ0v) is 11.0. The van der Waals surface area contributed by atoms with Crippen LogP contribution in [0.5, 0.6) is 0 Å². The van der Waals surface area contributed by atoms with Crippen LogP contribution in [0.1, 0.15) is 16.6 Å². The van der Waals surface area contributed by atoms with Gasteiger partial charge in [0.05, 0.1) is 11.4 Å². The van der Waals surface area contributed by atoms with Crippen molar-refractivity contribution in [2.45, 2.75) is 12.5 Å². The normalized spacial score (nSPS) is 14.0. The maximum absolute atomic E-state index is 11.9. The summed E-state index contributed by atoms with van der Waals surface area (Å²) in [5, 5.41) is 21.6. The molecule has 0 aliphatic carbocycles. The molecule has 19 heavy (non-hydrogen) atoms. The zero-order valence-electron chi connectivity index (χ0n) is 10.2. The van der Waals surface area contributed by atoms with Crippen molar-refractivity contribution in [2.24, 2.45) is 0 Å². The predicted molar refractivity (Wildman–Crippen MR) is 72.4 cm³/mol. The van der Waals surface area contributed by atoms with Crippen molar-refractivity contribution in [3.05, 3.63) is 35.2 Å². The largest absolute Gasteiger partial charge is 0.479 e. The summed E-state index contributed by atoms with van der Waals surface area (Å²) in [6, 6.07) is 9.31. The monoisotopic (exact) mass is 279 g/mol. The smallest absolute Gasteiger partial charge is 0.337 e. The van der Waals surface area contributed by atoms with Crippen LogP contribution in [0.15, 0.2) is 30.3 Å². The molecule has 100 valence electrons. The van der Waals surface area contributed by atoms with Crippen LogP contribution in [0, 0.1) is 0 Å². The lowest BCUT2D eigenvalue weighted by molar-refractivity contribution is -0.155. The van der Waals surface area contributed by atoms with E-state index in [-0.39, 0.29) is 12.5 Å². The Hall–Kier alpha value is -1.92. The number of carbonyl (C=O) groups excluding carboxylic acids is 1. The van der Waals surface area contributed by atoms with Gasteiger partial charge in [-0.25, -0.2) is 4.79 Å². The number of aliphatic carboxylic acids is 1. The number of carboxylic acids is 1. The summed E-state index contributed by atoms with van der Waals surface area (Å²) in [6.07, 6.45) is 0. The summed E-state index contributed by atoms with van der Waals surface area (Å²) < 4.78 is 0.984. The first-order valence-electron chi connectivity index (χ1n) is 5.63. The van der Waals surface area contributed by atoms with Crippen molar-refractivity contribution in [1.82, 2.24) is 5.32 Å². The van der Waals surface area contributed by atoms with E-state index < -0.39 is 11.6 Å². The molecular formula is C13H13NO4S. The van der Waals surface area contributed by atoms with Crippen LogP contribution in [0.4, 0.5) is 0 Å². The summed E-state index contributed by atoms with van der Waals surface area (Å²) >= 11 is 1.32. The van der Waals surface area contributed by atoms with Crippen LogP contribution in [-0.4, -0.2) is 34.2 Å². The summed E-state index contributed by atoms with van der Waals surface area (Å²) in [6.45, 7) is 0.802. The van der Waals surface area contributed by atoms with E-state index in [2.05, 4.69) is 5.32 Å². The van der Waals surface area contributed by atoms with E-state index in [4.69, 9.17) is 5.11 Å². The summed E-state index contributed by atoms with van der Waals surface area (Å²) in [7, 11) is 0. The third-order valence-corrected chi connectivity index (χ3v) is 3.82. The van der Waals surface area contributed by atoms with Crippen molar-refractivity contribution >= 4 is 33.3 Å². The topological polar surface area (TPSA) is 86.6 Å². The number of carboxylic acid groups (broad SMARTS) is 1. The molecule has 1 heterocycles. The van der Waals surface area contributed by atoms with Gasteiger partial charge in [0, 0.05) is 4.70 Å². The lowest BCUT2D eigenvalue weighted by Gasteiger charge is -2.17. The highest BCUT2D eigenvalue weighted by atomic mass is 32.1. The van der Waals surface area contributed by atoms with E-state index in [1.54, 1.807) is 6.07 Å². The van der Waals surface area contributed by atoms with Crippen LogP contribution in [0.3, 0.4) is 0 Å². The minimum absolute atomic E-state index is 0.338. The molecule has 6 heteroatoms. The number of carbonyl (C=O) groups is 2. The molecule has 0 saturated heterocycles. The van der Waals surface area contributed by atoms with Gasteiger partial charge in [-0.1, -0.05) is 18.2 Å². The van der Waals surface area contributed by atoms with Gasteiger partial charge < -0.3 is 15.5 Å². The minimum Gasteiger partial charge on any atom is -0.479 e. The number of hydrogen-bond acceptors (Lipinski definition) is 4. The SMILES string of the molecule is CC(O)(CNC(=O)c1cc2ccccc2s1)C(=O)O. The first-order chi connectivity index (χ1) is 8.90. The standard InChI is InChI=1S/C13H13NO4S/c1-13(18,12(16)17)7-14-11(15)10-6-8-4-2-3-5-9(8)19-10/h2-6,18H,7H2,1H3,(H,14,15)(H,16,17). The molecule has 2 rings (SSSR count). The number of aliphatic hydroxyl groups is 1. The predicted octanol–water partition coefficient (Wildman–Crippen LogP) is 1.47. The molecule has 5 nitrogen and oxygen atoms in total. The van der Waals surface area contributed by atoms with Crippen LogP contribution < -0.4 is 5.32 Å². The molecule has 2 aromatic rings. The summed E-state index contributed by atoms with van der Waals surface area (Å²) in [5.74, 6) is -1.76. The Kier molecular flexibility index (Phi) is 3.55. The van der Waals surface area contributed by atoms with Gasteiger partial charge in [0.1, 0.15) is 0 Å². The highest BCUT2D eigenvalue weighted by Gasteiger charge is 2.30. The quantitative estimate of drug-likeness (QED) is 0.791. The van der Waals surface area contributed by atoms with Crippen LogP contribution in [-0.2, 0) is 4.79 Å². The Morgan fingerprint density at radius 3 is 2.68 bits per heavy atom. The molecule has 1 unspecified atom stereocenters. The second-order valence-corrected chi connectivity index (χ2v) is 5.49. The maximum Gasteiger partial charge on any atom is 0.337 e. The molecule has 0 radical (unpaired) electrons. The molecule has 3 N–H and O–H groups in total. The number of hydrogen-bond donors (Lipinski definition) is 3. The Morgan fingerprint density at radius 2 is 2.05 bits per heavy atom. The molecule has 0 aliphatic rings. The molecule has 0 aliphatic heterocycles. The van der Waals surface area contributed by atoms with Gasteiger partial charge in [-0.15, -0.1) is 11.3 Å². The van der Waals surface area contributed by atoms with E-state index in [1.807, 2.05) is 24.3 Å². The van der Waals surface area contributed by atoms with E-state index >= 15 is 0 Å². The van der Waals surface area contributed by atoms with E-state index in [0.717, 1.165) is 17.0 Å². The number of rotatable bonds is 4. The molecule has 1 amide bonds. The number of amides is 1. The van der Waals surface area contributed by atoms with Gasteiger partial charge in [-0.05, 0) is 24.4 Å². The van der Waals surface area contributed by atoms with Crippen LogP contribution in [0.2, 0.25) is 0 Å². The average Bonchev–Trinajstić information content (AvgIpc) is 2.79. The second-order valence-electron chi connectivity index (χ2n) is 4.41. The minimum atomic E-state index is -1.97. The third kappa shape index (κ3) is 2.91. The van der Waals surface area contributed by atoms with Gasteiger partial charge >= 0.3 is 5.97 Å². The fourth-order valence-electron chi connectivity index (χ4n) is 1.51. The van der Waals surface area contributed by atoms with Gasteiger partial charge in [-0.3, -0.25) is 4.79 Å². The Morgan fingerprint density at radius 1 is 1.37 bits per heavy atom. The number of fused-ring (bicyclic) bond motifs is 1. The lowest BCUT2D eigenvalue weighted by atomic mass is 10.1. The van der Waals surface area contributed by atoms with Crippen molar-refractivity contribution in [3.8, 4) is 0 Å². The van der Waals surface area contributed by atoms with Crippen molar-refractivity contribution < 1.29 is 19.8 Å². The van der Waals surface area contributed by atoms with Crippen LogP contribution >= 0.6 is 11.3 Å². The number of thiophene rings is 1. The molecule has 1 atom stereocenters. The van der Waals surface area contributed by atoms with E-state index in [9.17, 15) is 14.7 Å². The molecule has 0 spiro atoms. The number of benzene rings is 1. The van der Waals surface area contributed by atoms with Gasteiger partial charge in [0.2, 0.25) is 0 Å². The molecule has 0 saturated carbocycles. The first-order valence-corrected chi connectivity index (χ1v) is 6.44. The summed E-state index contributed by atoms with van der Waals surface area (Å²) in [5.41, 5.74) is -1.97. The lowest BCUT2D eigenvalue weighted by Crippen LogP contribution is -2.46. The molecule has 1 aromatic heterocycles. The van der Waals surface area contributed by atoms with Crippen LogP contribution in [0.25, 0.3) is 10.1 Å². The van der Waals surface area contributed by atoms with E-state index in [1.165, 1.54) is 11.3 Å². The average molecular weight is 279 g/mol. The Balaban J connectivity index is 2.10. The maximum atomic E-state index is 11.9. The van der Waals surface area contributed by atoms with E-state index in [0.29, 0.717) is 4.88 Å². The fraction of sp³-hybridized carbons (Fsp3) is 0.231. The van der Waals surface area contributed by atoms with Crippen molar-refractivity contribution in [1.29, 1.82) is 0 Å². The molecule has 1 aromatic carbocycles. The second kappa shape index (κ2) is 4.99. The van der Waals surface area contributed by atoms with Crippen molar-refractivity contribution in [2.75, 3.05) is 6.54 Å². The highest BCUT2D eigenvalue weighted by molar-refractivity contribution is 7.20. The Bertz CT molecular complexity index is 599. The molecular weight excluding hydrogens is 266 g/mol. The Labute approximate surface area is 113 Å². The number of nitrogens with one attached hydrogen (secondary N) is 1. The molecule has 0 fully saturated rings. The highest BCUT2D eigenvalue weighted by Crippen LogP contribution is 2.25. The van der Waals surface area contributed by atoms with Gasteiger partial charge in [0.15, 0.2) is 5.60 Å². The van der Waals surface area contributed by atoms with Crippen molar-refractivity contribution in [3.63, 3.8) is 0 Å². The summed E-state index contributed by atoms with van der Waals surface area (Å²) in [4.78, 5) is 23.1. The fourth-order valence-corrected chi connectivity index (χ4v) is 2.49. The molecule has 0 bridgehead atoms. The van der Waals surface area contributed by atoms with Gasteiger partial charge in [0.25, 0.3) is 5.91 Å². The van der Waals surface area contributed by atoms with Gasteiger partial charge in [-0.2, -0.15) is 0 Å².